The minimum absolute atomic E-state index is 0.105. The first-order valence-corrected chi connectivity index (χ1v) is 6.74. The summed E-state index contributed by atoms with van der Waals surface area (Å²) in [5, 5.41) is 0. The lowest BCUT2D eigenvalue weighted by Gasteiger charge is -2.10. The predicted octanol–water partition coefficient (Wildman–Crippen LogP) is 2.72. The third-order valence-corrected chi connectivity index (χ3v) is 2.50. The number of nitrogens with one attached hydrogen (secondary N) is 1. The molecule has 0 fully saturated rings. The van der Waals surface area contributed by atoms with E-state index in [4.69, 9.17) is 9.57 Å². The van der Waals surface area contributed by atoms with Crippen LogP contribution in [0.5, 0.6) is 5.75 Å². The number of carbonyl (C=O) groups is 1. The number of rotatable bonds is 8. The molecule has 0 spiro atoms. The van der Waals surface area contributed by atoms with Crippen molar-refractivity contribution in [2.24, 2.45) is 5.92 Å². The van der Waals surface area contributed by atoms with Gasteiger partial charge in [0.25, 0.3) is 0 Å². The van der Waals surface area contributed by atoms with Crippen LogP contribution in [0, 0.1) is 5.92 Å². The van der Waals surface area contributed by atoms with E-state index in [1.54, 1.807) is 0 Å². The summed E-state index contributed by atoms with van der Waals surface area (Å²) in [6, 6.07) is 7.78. The lowest BCUT2D eigenvalue weighted by atomic mass is 10.1. The van der Waals surface area contributed by atoms with E-state index in [1.165, 1.54) is 0 Å². The van der Waals surface area contributed by atoms with Gasteiger partial charge in [-0.15, -0.1) is 0 Å². The monoisotopic (exact) mass is 265 g/mol. The fraction of sp³-hybridized carbons (Fsp3) is 0.533. The summed E-state index contributed by atoms with van der Waals surface area (Å²) in [5.74, 6) is 1.15. The van der Waals surface area contributed by atoms with E-state index in [-0.39, 0.29) is 5.91 Å². The van der Waals surface area contributed by atoms with Crippen LogP contribution < -0.4 is 10.2 Å². The minimum Gasteiger partial charge on any atom is -0.494 e. The van der Waals surface area contributed by atoms with Crippen molar-refractivity contribution in [3.63, 3.8) is 0 Å². The molecule has 1 aromatic carbocycles. The van der Waals surface area contributed by atoms with Gasteiger partial charge in [0.05, 0.1) is 13.2 Å². The Hall–Kier alpha value is -1.55. The average Bonchev–Trinajstić information content (AvgIpc) is 2.37. The Labute approximate surface area is 115 Å². The molecule has 4 heteroatoms. The Morgan fingerprint density at radius 3 is 2.74 bits per heavy atom. The summed E-state index contributed by atoms with van der Waals surface area (Å²) in [6.45, 7) is 7.17. The van der Waals surface area contributed by atoms with E-state index in [1.807, 2.05) is 45.0 Å². The molecular formula is C15H23NO3. The second kappa shape index (κ2) is 8.53. The molecule has 0 atom stereocenters. The van der Waals surface area contributed by atoms with Gasteiger partial charge in [-0.3, -0.25) is 9.63 Å². The summed E-state index contributed by atoms with van der Waals surface area (Å²) in [4.78, 5) is 16.7. The van der Waals surface area contributed by atoms with Crippen molar-refractivity contribution in [1.82, 2.24) is 5.48 Å². The Morgan fingerprint density at radius 1 is 1.32 bits per heavy atom. The van der Waals surface area contributed by atoms with Gasteiger partial charge in [0, 0.05) is 6.42 Å². The van der Waals surface area contributed by atoms with Gasteiger partial charge in [-0.2, -0.15) is 0 Å². The van der Waals surface area contributed by atoms with Crippen molar-refractivity contribution < 1.29 is 14.4 Å². The smallest absolute Gasteiger partial charge is 0.243 e. The molecule has 0 unspecified atom stereocenters. The van der Waals surface area contributed by atoms with Crippen LogP contribution in [0.3, 0.4) is 0 Å². The van der Waals surface area contributed by atoms with E-state index in [2.05, 4.69) is 5.48 Å². The Kier molecular flexibility index (Phi) is 6.97. The van der Waals surface area contributed by atoms with Crippen molar-refractivity contribution in [2.75, 3.05) is 13.2 Å². The van der Waals surface area contributed by atoms with Gasteiger partial charge in [0.15, 0.2) is 0 Å². The largest absolute Gasteiger partial charge is 0.494 e. The van der Waals surface area contributed by atoms with E-state index in [0.717, 1.165) is 11.3 Å². The number of hydrogen-bond acceptors (Lipinski definition) is 3. The Balaban J connectivity index is 2.37. The molecule has 0 radical (unpaired) electrons. The second-order valence-electron chi connectivity index (χ2n) is 4.77. The lowest BCUT2D eigenvalue weighted by molar-refractivity contribution is -0.134. The van der Waals surface area contributed by atoms with Crippen molar-refractivity contribution in [2.45, 2.75) is 33.6 Å². The Morgan fingerprint density at radius 2 is 2.05 bits per heavy atom. The highest BCUT2D eigenvalue weighted by molar-refractivity contribution is 5.75. The topological polar surface area (TPSA) is 47.6 Å². The van der Waals surface area contributed by atoms with E-state index in [0.29, 0.717) is 32.0 Å². The third kappa shape index (κ3) is 6.25. The highest BCUT2D eigenvalue weighted by Gasteiger charge is 2.06. The SMILES string of the molecule is CCOc1ccccc1CCC(=O)NOCC(C)C. The molecule has 1 N–H and O–H groups in total. The molecule has 0 saturated carbocycles. The number of benzene rings is 1. The number of aryl methyl sites for hydroxylation is 1. The molecule has 1 rings (SSSR count). The highest BCUT2D eigenvalue weighted by Crippen LogP contribution is 2.19. The van der Waals surface area contributed by atoms with Gasteiger partial charge in [0.1, 0.15) is 5.75 Å². The fourth-order valence-electron chi connectivity index (χ4n) is 1.59. The quantitative estimate of drug-likeness (QED) is 0.735. The number of ether oxygens (including phenoxy) is 1. The molecule has 0 bridgehead atoms. The highest BCUT2D eigenvalue weighted by atomic mass is 16.6. The number of hydrogen-bond donors (Lipinski definition) is 1. The summed E-state index contributed by atoms with van der Waals surface area (Å²) in [7, 11) is 0. The first-order chi connectivity index (χ1) is 9.13. The van der Waals surface area contributed by atoms with E-state index in [9.17, 15) is 4.79 Å². The first-order valence-electron chi connectivity index (χ1n) is 6.74. The molecule has 1 aromatic rings. The molecule has 19 heavy (non-hydrogen) atoms. The number of amides is 1. The molecule has 0 aliphatic heterocycles. The molecule has 0 saturated heterocycles. The fourth-order valence-corrected chi connectivity index (χ4v) is 1.59. The maximum Gasteiger partial charge on any atom is 0.243 e. The number of para-hydroxylation sites is 1. The lowest BCUT2D eigenvalue weighted by Crippen LogP contribution is -2.25. The van der Waals surface area contributed by atoms with Gasteiger partial charge in [-0.1, -0.05) is 32.0 Å². The third-order valence-electron chi connectivity index (χ3n) is 2.50. The molecule has 1 amide bonds. The molecule has 4 nitrogen and oxygen atoms in total. The molecule has 0 heterocycles. The van der Waals surface area contributed by atoms with Crippen LogP contribution in [0.4, 0.5) is 0 Å². The second-order valence-corrected chi connectivity index (χ2v) is 4.77. The van der Waals surface area contributed by atoms with Gasteiger partial charge < -0.3 is 4.74 Å². The van der Waals surface area contributed by atoms with Crippen LogP contribution in [0.25, 0.3) is 0 Å². The standard InChI is InChI=1S/C15H23NO3/c1-4-18-14-8-6-5-7-13(14)9-10-15(17)16-19-11-12(2)3/h5-8,12H,4,9-11H2,1-3H3,(H,16,17). The summed E-state index contributed by atoms with van der Waals surface area (Å²) in [5.41, 5.74) is 3.50. The van der Waals surface area contributed by atoms with E-state index < -0.39 is 0 Å². The van der Waals surface area contributed by atoms with Gasteiger partial charge in [-0.05, 0) is 30.9 Å². The number of carbonyl (C=O) groups excluding carboxylic acids is 1. The van der Waals surface area contributed by atoms with Crippen molar-refractivity contribution >= 4 is 5.91 Å². The van der Waals surface area contributed by atoms with E-state index >= 15 is 0 Å². The normalized spacial score (nSPS) is 10.5. The zero-order valence-corrected chi connectivity index (χ0v) is 11.9. The van der Waals surface area contributed by atoms with Gasteiger partial charge in [-0.25, -0.2) is 5.48 Å². The van der Waals surface area contributed by atoms with Gasteiger partial charge in [0.2, 0.25) is 5.91 Å². The van der Waals surface area contributed by atoms with Crippen LogP contribution in [-0.4, -0.2) is 19.1 Å². The van der Waals surface area contributed by atoms with Crippen LogP contribution in [-0.2, 0) is 16.1 Å². The molecular weight excluding hydrogens is 242 g/mol. The van der Waals surface area contributed by atoms with Crippen molar-refractivity contribution in [3.05, 3.63) is 29.8 Å². The Bertz CT molecular complexity index is 391. The molecule has 106 valence electrons. The summed E-state index contributed by atoms with van der Waals surface area (Å²) >= 11 is 0. The maximum absolute atomic E-state index is 11.6. The molecule has 0 aromatic heterocycles. The van der Waals surface area contributed by atoms with Crippen LogP contribution >= 0.6 is 0 Å². The van der Waals surface area contributed by atoms with Crippen molar-refractivity contribution in [1.29, 1.82) is 0 Å². The molecule has 0 aliphatic carbocycles. The molecule has 0 aliphatic rings. The minimum atomic E-state index is -0.105. The summed E-state index contributed by atoms with van der Waals surface area (Å²) in [6.07, 6.45) is 1.04. The van der Waals surface area contributed by atoms with Crippen LogP contribution in [0.2, 0.25) is 0 Å². The predicted molar refractivity (Wildman–Crippen MR) is 74.9 cm³/mol. The van der Waals surface area contributed by atoms with Crippen LogP contribution in [0.15, 0.2) is 24.3 Å². The van der Waals surface area contributed by atoms with Crippen molar-refractivity contribution in [3.8, 4) is 5.75 Å². The zero-order valence-electron chi connectivity index (χ0n) is 11.9. The first kappa shape index (κ1) is 15.5. The average molecular weight is 265 g/mol. The van der Waals surface area contributed by atoms with Gasteiger partial charge >= 0.3 is 0 Å². The zero-order chi connectivity index (χ0) is 14.1. The number of hydroxylamine groups is 1. The maximum atomic E-state index is 11.6. The summed E-state index contributed by atoms with van der Waals surface area (Å²) < 4.78 is 5.52. The van der Waals surface area contributed by atoms with Crippen LogP contribution in [0.1, 0.15) is 32.8 Å².